The first-order valence-corrected chi connectivity index (χ1v) is 7.80. The Balaban J connectivity index is 1.69. The van der Waals surface area contributed by atoms with Crippen LogP contribution in [0.15, 0.2) is 59.5 Å². The zero-order valence-corrected chi connectivity index (χ0v) is 14.2. The molecule has 0 saturated heterocycles. The van der Waals surface area contributed by atoms with Crippen LogP contribution in [0.2, 0.25) is 0 Å². The summed E-state index contributed by atoms with van der Waals surface area (Å²) in [5.74, 6) is -0.702. The molecule has 0 fully saturated rings. The summed E-state index contributed by atoms with van der Waals surface area (Å²) in [6.45, 7) is 0. The number of methoxy groups -OCH3 is 1. The molecule has 3 aromatic rings. The minimum atomic E-state index is -0.839. The van der Waals surface area contributed by atoms with Gasteiger partial charge in [0.15, 0.2) is 12.2 Å². The summed E-state index contributed by atoms with van der Waals surface area (Å²) >= 11 is 0. The third-order valence-electron chi connectivity index (χ3n) is 3.64. The monoisotopic (exact) mass is 362 g/mol. The summed E-state index contributed by atoms with van der Waals surface area (Å²) in [4.78, 5) is 28.0. The molecule has 0 bridgehead atoms. The van der Waals surface area contributed by atoms with Gasteiger partial charge < -0.3 is 19.8 Å². The second kappa shape index (κ2) is 7.84. The first kappa shape index (κ1) is 17.7. The predicted molar refractivity (Wildman–Crippen MR) is 96.9 cm³/mol. The first-order valence-electron chi connectivity index (χ1n) is 7.80. The Morgan fingerprint density at radius 1 is 1.07 bits per heavy atom. The van der Waals surface area contributed by atoms with Gasteiger partial charge in [-0.25, -0.2) is 4.98 Å². The van der Waals surface area contributed by atoms with Crippen LogP contribution in [-0.4, -0.2) is 23.9 Å². The number of oxazole rings is 1. The summed E-state index contributed by atoms with van der Waals surface area (Å²) < 4.78 is 10.5. The van der Waals surface area contributed by atoms with Crippen molar-refractivity contribution >= 4 is 23.2 Å². The summed E-state index contributed by atoms with van der Waals surface area (Å²) in [6, 6.07) is 13.0. The molecule has 0 aliphatic heterocycles. The molecule has 0 saturated carbocycles. The molecule has 0 atom stereocenters. The van der Waals surface area contributed by atoms with Crippen molar-refractivity contribution in [2.24, 2.45) is 0 Å². The Bertz CT molecular complexity index is 1010. The molecule has 8 heteroatoms. The number of nitrogens with one attached hydrogen (secondary N) is 2. The Morgan fingerprint density at radius 2 is 1.74 bits per heavy atom. The predicted octanol–water partition coefficient (Wildman–Crippen LogP) is 2.80. The Morgan fingerprint density at radius 3 is 2.33 bits per heavy atom. The van der Waals surface area contributed by atoms with E-state index < -0.39 is 11.8 Å². The Kier molecular flexibility index (Phi) is 5.14. The number of nitriles is 1. The van der Waals surface area contributed by atoms with E-state index in [0.29, 0.717) is 34.0 Å². The summed E-state index contributed by atoms with van der Waals surface area (Å²) in [6.07, 6.45) is 2.85. The molecule has 1 heterocycles. The van der Waals surface area contributed by atoms with Crippen LogP contribution < -0.4 is 15.4 Å². The number of hydrogen-bond acceptors (Lipinski definition) is 6. The van der Waals surface area contributed by atoms with E-state index >= 15 is 0 Å². The van der Waals surface area contributed by atoms with Gasteiger partial charge in [-0.15, -0.1) is 0 Å². The van der Waals surface area contributed by atoms with Crippen LogP contribution in [0.5, 0.6) is 5.75 Å². The van der Waals surface area contributed by atoms with Crippen LogP contribution in [0.25, 0.3) is 11.3 Å². The Labute approximate surface area is 154 Å². The smallest absolute Gasteiger partial charge is 0.314 e. The number of carbonyl (C=O) groups is 2. The highest BCUT2D eigenvalue weighted by atomic mass is 16.5. The van der Waals surface area contributed by atoms with Crippen molar-refractivity contribution in [3.05, 3.63) is 60.6 Å². The highest BCUT2D eigenvalue weighted by Crippen LogP contribution is 2.32. The van der Waals surface area contributed by atoms with Gasteiger partial charge in [-0.05, 0) is 36.4 Å². The second-order valence-electron chi connectivity index (χ2n) is 5.38. The van der Waals surface area contributed by atoms with E-state index in [1.54, 1.807) is 48.7 Å². The van der Waals surface area contributed by atoms with Gasteiger partial charge in [-0.3, -0.25) is 9.59 Å². The molecule has 27 heavy (non-hydrogen) atoms. The van der Waals surface area contributed by atoms with Crippen LogP contribution >= 0.6 is 0 Å². The van der Waals surface area contributed by atoms with Crippen molar-refractivity contribution in [2.75, 3.05) is 17.7 Å². The lowest BCUT2D eigenvalue weighted by Crippen LogP contribution is -2.29. The number of ether oxygens (including phenoxy) is 1. The van der Waals surface area contributed by atoms with E-state index in [4.69, 9.17) is 14.4 Å². The fraction of sp³-hybridized carbons (Fsp3) is 0.0526. The lowest BCUT2D eigenvalue weighted by Gasteiger charge is -2.10. The third-order valence-corrected chi connectivity index (χ3v) is 3.64. The molecule has 2 amide bonds. The molecule has 2 N–H and O–H groups in total. The van der Waals surface area contributed by atoms with Crippen molar-refractivity contribution in [3.63, 3.8) is 0 Å². The fourth-order valence-corrected chi connectivity index (χ4v) is 2.33. The molecule has 134 valence electrons. The molecule has 8 nitrogen and oxygen atoms in total. The van der Waals surface area contributed by atoms with Crippen LogP contribution in [0, 0.1) is 11.3 Å². The molecule has 3 rings (SSSR count). The van der Waals surface area contributed by atoms with Crippen LogP contribution in [-0.2, 0) is 9.59 Å². The molecule has 0 radical (unpaired) electrons. The molecular formula is C19H14N4O4. The lowest BCUT2D eigenvalue weighted by atomic mass is 10.1. The first-order chi connectivity index (χ1) is 13.1. The van der Waals surface area contributed by atoms with Crippen molar-refractivity contribution in [1.82, 2.24) is 4.98 Å². The van der Waals surface area contributed by atoms with E-state index in [-0.39, 0.29) is 0 Å². The molecule has 2 aromatic carbocycles. The summed E-state index contributed by atoms with van der Waals surface area (Å²) in [7, 11) is 1.48. The van der Waals surface area contributed by atoms with Gasteiger partial charge in [0.2, 0.25) is 0 Å². The zero-order chi connectivity index (χ0) is 19.2. The number of amides is 2. The zero-order valence-electron chi connectivity index (χ0n) is 14.2. The fourth-order valence-electron chi connectivity index (χ4n) is 2.33. The average molecular weight is 362 g/mol. The minimum Gasteiger partial charge on any atom is -0.496 e. The number of rotatable bonds is 4. The van der Waals surface area contributed by atoms with Crippen molar-refractivity contribution in [1.29, 1.82) is 5.26 Å². The maximum atomic E-state index is 12.1. The van der Waals surface area contributed by atoms with Gasteiger partial charge >= 0.3 is 11.8 Å². The van der Waals surface area contributed by atoms with Crippen LogP contribution in [0.1, 0.15) is 5.56 Å². The van der Waals surface area contributed by atoms with Crippen molar-refractivity contribution in [2.45, 2.75) is 0 Å². The molecule has 1 aromatic heterocycles. The Hall–Kier alpha value is -4.12. The van der Waals surface area contributed by atoms with Gasteiger partial charge in [0.1, 0.15) is 5.75 Å². The molecular weight excluding hydrogens is 348 g/mol. The third kappa shape index (κ3) is 4.11. The number of aromatic nitrogens is 1. The van der Waals surface area contributed by atoms with Gasteiger partial charge in [0, 0.05) is 17.4 Å². The van der Waals surface area contributed by atoms with Crippen LogP contribution in [0.3, 0.4) is 0 Å². The topological polar surface area (TPSA) is 117 Å². The summed E-state index contributed by atoms with van der Waals surface area (Å²) in [5, 5.41) is 13.7. The quantitative estimate of drug-likeness (QED) is 0.689. The van der Waals surface area contributed by atoms with Gasteiger partial charge in [-0.1, -0.05) is 0 Å². The number of anilines is 2. The molecule has 0 spiro atoms. The average Bonchev–Trinajstić information content (AvgIpc) is 3.23. The normalized spacial score (nSPS) is 9.93. The van der Waals surface area contributed by atoms with Gasteiger partial charge in [0.25, 0.3) is 0 Å². The van der Waals surface area contributed by atoms with Gasteiger partial charge in [-0.2, -0.15) is 5.26 Å². The molecule has 0 aliphatic carbocycles. The maximum absolute atomic E-state index is 12.1. The summed E-state index contributed by atoms with van der Waals surface area (Å²) in [5.41, 5.74) is 1.91. The second-order valence-corrected chi connectivity index (χ2v) is 5.38. The van der Waals surface area contributed by atoms with Gasteiger partial charge in [0.05, 0.1) is 30.5 Å². The highest BCUT2D eigenvalue weighted by Gasteiger charge is 2.16. The minimum absolute atomic E-state index is 0.384. The van der Waals surface area contributed by atoms with E-state index in [1.807, 2.05) is 6.07 Å². The highest BCUT2D eigenvalue weighted by molar-refractivity contribution is 6.43. The molecule has 0 aliphatic rings. The number of nitrogens with zero attached hydrogens (tertiary/aromatic N) is 2. The van der Waals surface area contributed by atoms with Crippen molar-refractivity contribution < 1.29 is 18.7 Å². The SMILES string of the molecule is COc1cc(NC(=O)C(=O)Nc2ccc(C#N)cc2)ccc1-c1cnco1. The molecule has 0 unspecified atom stereocenters. The number of benzene rings is 2. The maximum Gasteiger partial charge on any atom is 0.314 e. The number of carbonyl (C=O) groups excluding carboxylic acids is 2. The largest absolute Gasteiger partial charge is 0.496 e. The lowest BCUT2D eigenvalue weighted by molar-refractivity contribution is -0.132. The van der Waals surface area contributed by atoms with E-state index in [0.717, 1.165) is 0 Å². The number of hydrogen-bond donors (Lipinski definition) is 2. The van der Waals surface area contributed by atoms with Crippen molar-refractivity contribution in [3.8, 4) is 23.1 Å². The van der Waals surface area contributed by atoms with E-state index in [9.17, 15) is 9.59 Å². The standard InChI is InChI=1S/C19H14N4O4/c1-26-16-8-14(6-7-15(16)17-10-21-11-27-17)23-19(25)18(24)22-13-4-2-12(9-20)3-5-13/h2-8,10-11H,1H3,(H,22,24)(H,23,25). The van der Waals surface area contributed by atoms with E-state index in [1.165, 1.54) is 13.5 Å². The van der Waals surface area contributed by atoms with Crippen LogP contribution in [0.4, 0.5) is 11.4 Å². The van der Waals surface area contributed by atoms with E-state index in [2.05, 4.69) is 15.6 Å².